The Hall–Kier alpha value is -1.40. The Morgan fingerprint density at radius 1 is 1.22 bits per heavy atom. The Morgan fingerprint density at radius 2 is 2.00 bits per heavy atom. The van der Waals surface area contributed by atoms with Gasteiger partial charge in [0, 0.05) is 38.2 Å². The highest BCUT2D eigenvalue weighted by Gasteiger charge is 2.21. The monoisotopic (exact) mass is 340 g/mol. The van der Waals surface area contributed by atoms with Gasteiger partial charge in [-0.2, -0.15) is 0 Å². The average Bonchev–Trinajstić information content (AvgIpc) is 2.75. The molecule has 23 heavy (non-hydrogen) atoms. The molecule has 6 nitrogen and oxygen atoms in total. The molecule has 1 saturated heterocycles. The van der Waals surface area contributed by atoms with Gasteiger partial charge >= 0.3 is 5.97 Å². The second-order valence-corrected chi connectivity index (χ2v) is 6.01. The lowest BCUT2D eigenvalue weighted by molar-refractivity contribution is -0.144. The van der Waals surface area contributed by atoms with E-state index in [2.05, 4.69) is 19.8 Å². The van der Waals surface area contributed by atoms with Gasteiger partial charge in [-0.3, -0.25) is 9.69 Å². The third-order valence-corrected chi connectivity index (χ3v) is 4.34. The number of esters is 1. The third-order valence-electron chi connectivity index (χ3n) is 3.97. The zero-order chi connectivity index (χ0) is 16.8. The van der Waals surface area contributed by atoms with E-state index in [0.717, 1.165) is 56.2 Å². The van der Waals surface area contributed by atoms with Crippen molar-refractivity contribution in [1.29, 1.82) is 0 Å². The molecule has 0 aromatic carbocycles. The molecule has 0 bridgehead atoms. The molecule has 2 heterocycles. The highest BCUT2D eigenvalue weighted by atomic mass is 35.5. The standard InChI is InChI=1S/C16H25ClN4O2/c1-4-13-18-15(17)12(3)16(19-13)21-8-6-7-20(9-10-21)11-14(22)23-5-2/h4-11H2,1-3H3. The molecular formula is C16H25ClN4O2. The molecular weight excluding hydrogens is 316 g/mol. The van der Waals surface area contributed by atoms with Crippen molar-refractivity contribution < 1.29 is 9.53 Å². The Balaban J connectivity index is 2.06. The second kappa shape index (κ2) is 8.45. The number of halogens is 1. The molecule has 2 rings (SSSR count). The van der Waals surface area contributed by atoms with Gasteiger partial charge in [0.1, 0.15) is 16.8 Å². The summed E-state index contributed by atoms with van der Waals surface area (Å²) in [6, 6.07) is 0. The Morgan fingerprint density at radius 3 is 2.70 bits per heavy atom. The van der Waals surface area contributed by atoms with E-state index >= 15 is 0 Å². The van der Waals surface area contributed by atoms with Crippen molar-refractivity contribution in [3.8, 4) is 0 Å². The zero-order valence-corrected chi connectivity index (χ0v) is 14.9. The maximum Gasteiger partial charge on any atom is 0.320 e. The van der Waals surface area contributed by atoms with E-state index in [-0.39, 0.29) is 5.97 Å². The Labute approximate surface area is 142 Å². The molecule has 128 valence electrons. The third kappa shape index (κ3) is 4.78. The molecule has 0 N–H and O–H groups in total. The molecule has 1 aromatic rings. The van der Waals surface area contributed by atoms with E-state index in [1.54, 1.807) is 0 Å². The van der Waals surface area contributed by atoms with E-state index in [1.807, 2.05) is 20.8 Å². The Bertz CT molecular complexity index is 553. The minimum Gasteiger partial charge on any atom is -0.465 e. The number of hydrogen-bond acceptors (Lipinski definition) is 6. The fourth-order valence-electron chi connectivity index (χ4n) is 2.72. The van der Waals surface area contributed by atoms with Crippen molar-refractivity contribution in [3.05, 3.63) is 16.5 Å². The van der Waals surface area contributed by atoms with Gasteiger partial charge in [-0.1, -0.05) is 18.5 Å². The molecule has 0 atom stereocenters. The van der Waals surface area contributed by atoms with Crippen molar-refractivity contribution in [2.75, 3.05) is 44.2 Å². The molecule has 0 unspecified atom stereocenters. The molecule has 7 heteroatoms. The molecule has 0 spiro atoms. The van der Waals surface area contributed by atoms with Crippen LogP contribution in [0.15, 0.2) is 0 Å². The number of aryl methyl sites for hydroxylation is 1. The van der Waals surface area contributed by atoms with Crippen molar-refractivity contribution in [3.63, 3.8) is 0 Å². The smallest absolute Gasteiger partial charge is 0.320 e. The topological polar surface area (TPSA) is 58.6 Å². The highest BCUT2D eigenvalue weighted by Crippen LogP contribution is 2.24. The summed E-state index contributed by atoms with van der Waals surface area (Å²) in [6.45, 7) is 9.99. The molecule has 0 radical (unpaired) electrons. The first-order valence-electron chi connectivity index (χ1n) is 8.21. The lowest BCUT2D eigenvalue weighted by Crippen LogP contribution is -2.35. The number of carbonyl (C=O) groups excluding carboxylic acids is 1. The number of rotatable bonds is 5. The van der Waals surface area contributed by atoms with Gasteiger partial charge in [-0.05, 0) is 20.3 Å². The van der Waals surface area contributed by atoms with E-state index < -0.39 is 0 Å². The summed E-state index contributed by atoms with van der Waals surface area (Å²) >= 11 is 6.24. The lowest BCUT2D eigenvalue weighted by atomic mass is 10.3. The van der Waals surface area contributed by atoms with Gasteiger partial charge < -0.3 is 9.64 Å². The normalized spacial score (nSPS) is 16.3. The van der Waals surface area contributed by atoms with Crippen LogP contribution in [0.3, 0.4) is 0 Å². The van der Waals surface area contributed by atoms with Gasteiger partial charge in [-0.15, -0.1) is 0 Å². The predicted molar refractivity (Wildman–Crippen MR) is 91.1 cm³/mol. The summed E-state index contributed by atoms with van der Waals surface area (Å²) in [5.41, 5.74) is 0.919. The average molecular weight is 341 g/mol. The van der Waals surface area contributed by atoms with Crippen LogP contribution < -0.4 is 4.90 Å². The summed E-state index contributed by atoms with van der Waals surface area (Å²) < 4.78 is 5.03. The summed E-state index contributed by atoms with van der Waals surface area (Å²) in [5.74, 6) is 1.53. The highest BCUT2D eigenvalue weighted by molar-refractivity contribution is 6.30. The molecule has 0 saturated carbocycles. The van der Waals surface area contributed by atoms with Gasteiger partial charge in [0.25, 0.3) is 0 Å². The zero-order valence-electron chi connectivity index (χ0n) is 14.1. The fourth-order valence-corrected chi connectivity index (χ4v) is 2.90. The van der Waals surface area contributed by atoms with Crippen LogP contribution in [0.5, 0.6) is 0 Å². The molecule has 1 aromatic heterocycles. The van der Waals surface area contributed by atoms with Crippen LogP contribution in [0.25, 0.3) is 0 Å². The number of aromatic nitrogens is 2. The summed E-state index contributed by atoms with van der Waals surface area (Å²) in [4.78, 5) is 25.0. The van der Waals surface area contributed by atoms with E-state index in [9.17, 15) is 4.79 Å². The van der Waals surface area contributed by atoms with Crippen molar-refractivity contribution in [2.24, 2.45) is 0 Å². The predicted octanol–water partition coefficient (Wildman–Crippen LogP) is 2.08. The van der Waals surface area contributed by atoms with E-state index in [0.29, 0.717) is 18.3 Å². The van der Waals surface area contributed by atoms with Gasteiger partial charge in [0.2, 0.25) is 0 Å². The van der Waals surface area contributed by atoms with Gasteiger partial charge in [0.05, 0.1) is 13.2 Å². The maximum atomic E-state index is 11.6. The number of ether oxygens (including phenoxy) is 1. The van der Waals surface area contributed by atoms with Crippen LogP contribution in [0, 0.1) is 6.92 Å². The van der Waals surface area contributed by atoms with Crippen LogP contribution in [-0.4, -0.2) is 60.2 Å². The lowest BCUT2D eigenvalue weighted by Gasteiger charge is -2.24. The molecule has 1 aliphatic heterocycles. The van der Waals surface area contributed by atoms with Crippen molar-refractivity contribution >= 4 is 23.4 Å². The van der Waals surface area contributed by atoms with Crippen molar-refractivity contribution in [1.82, 2.24) is 14.9 Å². The second-order valence-electron chi connectivity index (χ2n) is 5.65. The first-order chi connectivity index (χ1) is 11.0. The van der Waals surface area contributed by atoms with Gasteiger partial charge in [-0.25, -0.2) is 9.97 Å². The van der Waals surface area contributed by atoms with E-state index in [1.165, 1.54) is 0 Å². The summed E-state index contributed by atoms with van der Waals surface area (Å²) in [5, 5.41) is 0.527. The summed E-state index contributed by atoms with van der Waals surface area (Å²) in [6.07, 6.45) is 1.73. The number of nitrogens with zero attached hydrogens (tertiary/aromatic N) is 4. The SMILES string of the molecule is CCOC(=O)CN1CCCN(c2nc(CC)nc(Cl)c2C)CC1. The summed E-state index contributed by atoms with van der Waals surface area (Å²) in [7, 11) is 0. The van der Waals surface area contributed by atoms with Crippen LogP contribution in [0.4, 0.5) is 5.82 Å². The molecule has 1 aliphatic rings. The molecule has 0 aliphatic carbocycles. The molecule has 1 fully saturated rings. The van der Waals surface area contributed by atoms with Crippen LogP contribution in [0.1, 0.15) is 31.7 Å². The van der Waals surface area contributed by atoms with Crippen molar-refractivity contribution in [2.45, 2.75) is 33.6 Å². The largest absolute Gasteiger partial charge is 0.465 e. The molecule has 0 amide bonds. The number of carbonyl (C=O) groups is 1. The number of anilines is 1. The van der Waals surface area contributed by atoms with Crippen LogP contribution in [-0.2, 0) is 16.0 Å². The van der Waals surface area contributed by atoms with E-state index in [4.69, 9.17) is 16.3 Å². The van der Waals surface area contributed by atoms with Gasteiger partial charge in [0.15, 0.2) is 0 Å². The number of hydrogen-bond donors (Lipinski definition) is 0. The van der Waals surface area contributed by atoms with Crippen LogP contribution in [0.2, 0.25) is 5.15 Å². The maximum absolute atomic E-state index is 11.6. The minimum atomic E-state index is -0.157. The minimum absolute atomic E-state index is 0.157. The quantitative estimate of drug-likeness (QED) is 0.604. The first kappa shape index (κ1) is 17.9. The van der Waals surface area contributed by atoms with Crippen LogP contribution >= 0.6 is 11.6 Å². The first-order valence-corrected chi connectivity index (χ1v) is 8.58. The Kier molecular flexibility index (Phi) is 6.59. The fraction of sp³-hybridized carbons (Fsp3) is 0.688.